The Bertz CT molecular complexity index is 560. The van der Waals surface area contributed by atoms with Crippen LogP contribution in [-0.4, -0.2) is 28.8 Å². The van der Waals surface area contributed by atoms with Gasteiger partial charge < -0.3 is 10.6 Å². The number of hydrogen-bond donors (Lipinski definition) is 2. The molecule has 20 heavy (non-hydrogen) atoms. The first kappa shape index (κ1) is 14.3. The molecule has 1 heterocycles. The number of nitrogens with zero attached hydrogens (tertiary/aromatic N) is 2. The molecule has 2 rings (SSSR count). The third-order valence-corrected chi connectivity index (χ3v) is 3.13. The van der Waals surface area contributed by atoms with Gasteiger partial charge in [0, 0.05) is 38.4 Å². The van der Waals surface area contributed by atoms with Gasteiger partial charge in [-0.3, -0.25) is 9.48 Å². The number of aromatic nitrogens is 2. The van der Waals surface area contributed by atoms with Crippen LogP contribution in [0, 0.1) is 6.92 Å². The monoisotopic (exact) mass is 272 g/mol. The zero-order chi connectivity index (χ0) is 14.4. The Labute approximate surface area is 119 Å². The number of benzene rings is 1. The minimum absolute atomic E-state index is 0.0349. The van der Waals surface area contributed by atoms with Crippen molar-refractivity contribution >= 4 is 5.91 Å². The maximum atomic E-state index is 11.8. The molecular weight excluding hydrogens is 252 g/mol. The van der Waals surface area contributed by atoms with E-state index in [0.29, 0.717) is 12.1 Å². The smallest absolute Gasteiger partial charge is 0.251 e. The largest absolute Gasteiger partial charge is 0.351 e. The van der Waals surface area contributed by atoms with Crippen molar-refractivity contribution in [3.8, 4) is 0 Å². The van der Waals surface area contributed by atoms with Gasteiger partial charge in [-0.25, -0.2) is 0 Å². The second-order valence-corrected chi connectivity index (χ2v) is 4.74. The molecule has 0 saturated heterocycles. The Kier molecular flexibility index (Phi) is 4.90. The lowest BCUT2D eigenvalue weighted by Crippen LogP contribution is -2.31. The summed E-state index contributed by atoms with van der Waals surface area (Å²) < 4.78 is 1.83. The summed E-state index contributed by atoms with van der Waals surface area (Å²) in [7, 11) is 1.91. The number of amides is 1. The molecule has 0 spiro atoms. The summed E-state index contributed by atoms with van der Waals surface area (Å²) in [6, 6.07) is 9.53. The second-order valence-electron chi connectivity index (χ2n) is 4.74. The number of hydrogen-bond acceptors (Lipinski definition) is 3. The molecule has 0 bridgehead atoms. The van der Waals surface area contributed by atoms with Crippen LogP contribution in [0.4, 0.5) is 0 Å². The topological polar surface area (TPSA) is 59.0 Å². The van der Waals surface area contributed by atoms with Gasteiger partial charge in [-0.1, -0.05) is 17.7 Å². The summed E-state index contributed by atoms with van der Waals surface area (Å²) in [5, 5.41) is 10.3. The van der Waals surface area contributed by atoms with Crippen molar-refractivity contribution < 1.29 is 4.79 Å². The van der Waals surface area contributed by atoms with Gasteiger partial charge in [0.05, 0.1) is 5.69 Å². The van der Waals surface area contributed by atoms with Gasteiger partial charge in [-0.15, -0.1) is 0 Å². The average molecular weight is 272 g/mol. The van der Waals surface area contributed by atoms with Crippen LogP contribution in [0.25, 0.3) is 0 Å². The maximum absolute atomic E-state index is 11.8. The van der Waals surface area contributed by atoms with E-state index in [0.717, 1.165) is 24.3 Å². The van der Waals surface area contributed by atoms with Gasteiger partial charge in [0.2, 0.25) is 0 Å². The lowest BCUT2D eigenvalue weighted by Gasteiger charge is -2.07. The van der Waals surface area contributed by atoms with Crippen LogP contribution in [-0.2, 0) is 13.6 Å². The third-order valence-electron chi connectivity index (χ3n) is 3.13. The summed E-state index contributed by atoms with van der Waals surface area (Å²) in [5.41, 5.74) is 2.97. The molecule has 0 aliphatic heterocycles. The van der Waals surface area contributed by atoms with Gasteiger partial charge in [0.1, 0.15) is 0 Å². The summed E-state index contributed by atoms with van der Waals surface area (Å²) in [6.07, 6.45) is 1.77. The normalized spacial score (nSPS) is 10.5. The highest BCUT2D eigenvalue weighted by molar-refractivity contribution is 5.94. The molecular formula is C15H20N4O. The summed E-state index contributed by atoms with van der Waals surface area (Å²) in [4.78, 5) is 11.8. The molecule has 1 aromatic carbocycles. The van der Waals surface area contributed by atoms with Gasteiger partial charge in [-0.05, 0) is 25.1 Å². The molecule has 0 aliphatic carbocycles. The highest BCUT2D eigenvalue weighted by Crippen LogP contribution is 2.02. The predicted octanol–water partition coefficient (Wildman–Crippen LogP) is 1.25. The second kappa shape index (κ2) is 6.86. The zero-order valence-electron chi connectivity index (χ0n) is 11.9. The summed E-state index contributed by atoms with van der Waals surface area (Å²) in [6.45, 7) is 4.08. The molecule has 0 fully saturated rings. The summed E-state index contributed by atoms with van der Waals surface area (Å²) in [5.74, 6) is -0.0349. The van der Waals surface area contributed by atoms with Crippen molar-refractivity contribution in [1.82, 2.24) is 20.4 Å². The molecule has 106 valence electrons. The van der Waals surface area contributed by atoms with Crippen molar-refractivity contribution in [2.45, 2.75) is 13.5 Å². The molecule has 5 nitrogen and oxygen atoms in total. The van der Waals surface area contributed by atoms with Crippen LogP contribution in [0.2, 0.25) is 0 Å². The Balaban J connectivity index is 1.67. The lowest BCUT2D eigenvalue weighted by molar-refractivity contribution is 0.0954. The van der Waals surface area contributed by atoms with Crippen LogP contribution >= 0.6 is 0 Å². The fourth-order valence-corrected chi connectivity index (χ4v) is 1.86. The minimum Gasteiger partial charge on any atom is -0.351 e. The fourth-order valence-electron chi connectivity index (χ4n) is 1.86. The van der Waals surface area contributed by atoms with E-state index < -0.39 is 0 Å². The van der Waals surface area contributed by atoms with Gasteiger partial charge in [0.15, 0.2) is 0 Å². The van der Waals surface area contributed by atoms with Crippen molar-refractivity contribution in [2.24, 2.45) is 7.05 Å². The third kappa shape index (κ3) is 3.93. The van der Waals surface area contributed by atoms with E-state index in [1.807, 2.05) is 49.0 Å². The van der Waals surface area contributed by atoms with Crippen molar-refractivity contribution in [3.63, 3.8) is 0 Å². The summed E-state index contributed by atoms with van der Waals surface area (Å²) >= 11 is 0. The van der Waals surface area contributed by atoms with Gasteiger partial charge >= 0.3 is 0 Å². The quantitative estimate of drug-likeness (QED) is 0.778. The highest BCUT2D eigenvalue weighted by Gasteiger charge is 2.03. The molecule has 1 aromatic heterocycles. The van der Waals surface area contributed by atoms with E-state index in [1.54, 1.807) is 6.20 Å². The highest BCUT2D eigenvalue weighted by atomic mass is 16.1. The molecule has 0 atom stereocenters. The molecule has 1 amide bonds. The first-order chi connectivity index (χ1) is 9.66. The van der Waals surface area contributed by atoms with Crippen LogP contribution in [0.3, 0.4) is 0 Å². The number of rotatable bonds is 6. The molecule has 0 aliphatic rings. The fraction of sp³-hybridized carbons (Fsp3) is 0.333. The molecule has 2 N–H and O–H groups in total. The Hall–Kier alpha value is -2.14. The maximum Gasteiger partial charge on any atom is 0.251 e. The first-order valence-electron chi connectivity index (χ1n) is 6.69. The van der Waals surface area contributed by atoms with Crippen LogP contribution < -0.4 is 10.6 Å². The van der Waals surface area contributed by atoms with E-state index in [1.165, 1.54) is 0 Å². The zero-order valence-corrected chi connectivity index (χ0v) is 11.9. The lowest BCUT2D eigenvalue weighted by atomic mass is 10.1. The standard InChI is InChI=1S/C15H20N4O/c1-12-3-5-13(6-4-12)15(20)17-10-9-16-11-14-7-8-18-19(14)2/h3-8,16H,9-11H2,1-2H3,(H,17,20). The molecule has 2 aromatic rings. The average Bonchev–Trinajstić information content (AvgIpc) is 2.84. The van der Waals surface area contributed by atoms with Crippen LogP contribution in [0.15, 0.2) is 36.5 Å². The van der Waals surface area contributed by atoms with E-state index in [-0.39, 0.29) is 5.91 Å². The van der Waals surface area contributed by atoms with Crippen molar-refractivity contribution in [2.75, 3.05) is 13.1 Å². The van der Waals surface area contributed by atoms with Crippen molar-refractivity contribution in [1.29, 1.82) is 0 Å². The van der Waals surface area contributed by atoms with Crippen LogP contribution in [0.1, 0.15) is 21.6 Å². The Morgan fingerprint density at radius 1 is 1.20 bits per heavy atom. The Morgan fingerprint density at radius 3 is 2.60 bits per heavy atom. The van der Waals surface area contributed by atoms with Gasteiger partial charge in [0.25, 0.3) is 5.91 Å². The van der Waals surface area contributed by atoms with Crippen LogP contribution in [0.5, 0.6) is 0 Å². The predicted molar refractivity (Wildman–Crippen MR) is 78.4 cm³/mol. The SMILES string of the molecule is Cc1ccc(C(=O)NCCNCc2ccnn2C)cc1. The van der Waals surface area contributed by atoms with E-state index in [9.17, 15) is 4.79 Å². The van der Waals surface area contributed by atoms with E-state index in [2.05, 4.69) is 15.7 Å². The van der Waals surface area contributed by atoms with E-state index >= 15 is 0 Å². The number of nitrogens with one attached hydrogen (secondary N) is 2. The molecule has 5 heteroatoms. The number of carbonyl (C=O) groups is 1. The minimum atomic E-state index is -0.0349. The first-order valence-corrected chi connectivity index (χ1v) is 6.69. The molecule has 0 radical (unpaired) electrons. The number of carbonyl (C=O) groups excluding carboxylic acids is 1. The molecule has 0 saturated carbocycles. The van der Waals surface area contributed by atoms with E-state index in [4.69, 9.17) is 0 Å². The van der Waals surface area contributed by atoms with Gasteiger partial charge in [-0.2, -0.15) is 5.10 Å². The number of aryl methyl sites for hydroxylation is 2. The Morgan fingerprint density at radius 2 is 1.95 bits per heavy atom. The van der Waals surface area contributed by atoms with Crippen molar-refractivity contribution in [3.05, 3.63) is 53.3 Å². The molecule has 0 unspecified atom stereocenters.